The van der Waals surface area contributed by atoms with E-state index in [0.29, 0.717) is 50.1 Å². The third-order valence-corrected chi connectivity index (χ3v) is 4.24. The van der Waals surface area contributed by atoms with Crippen LogP contribution in [0, 0.1) is 6.92 Å². The van der Waals surface area contributed by atoms with Gasteiger partial charge in [-0.2, -0.15) is 13.2 Å². The number of nitrogens with one attached hydrogen (secondary N) is 3. The van der Waals surface area contributed by atoms with E-state index in [9.17, 15) is 18.0 Å². The van der Waals surface area contributed by atoms with Crippen molar-refractivity contribution in [2.24, 2.45) is 0 Å². The maximum absolute atomic E-state index is 12.6. The Bertz CT molecular complexity index is 752. The number of carbonyl (C=O) groups is 1. The molecule has 1 aliphatic rings. The highest BCUT2D eigenvalue weighted by Crippen LogP contribution is 2.28. The number of hydrogen-bond acceptors (Lipinski definition) is 4. The molecule has 3 rings (SSSR count). The molecule has 2 aromatic heterocycles. The van der Waals surface area contributed by atoms with E-state index in [-0.39, 0.29) is 5.91 Å². The van der Waals surface area contributed by atoms with E-state index in [1.165, 1.54) is 6.07 Å². The van der Waals surface area contributed by atoms with Crippen LogP contribution in [-0.4, -0.2) is 43.8 Å². The van der Waals surface area contributed by atoms with Crippen LogP contribution in [0.4, 0.5) is 24.8 Å². The molecule has 0 aliphatic carbocycles. The van der Waals surface area contributed by atoms with Crippen LogP contribution in [0.2, 0.25) is 0 Å². The van der Waals surface area contributed by atoms with E-state index in [4.69, 9.17) is 4.52 Å². The molecule has 1 amide bonds. The third kappa shape index (κ3) is 4.51. The van der Waals surface area contributed by atoms with Crippen molar-refractivity contribution in [1.29, 1.82) is 0 Å². The molecule has 3 N–H and O–H groups in total. The standard InChI is InChI=1S/C16H18F3N5O2/c1-11-8-13(22-26-11)21-15(25)10-23-4-6-24(7-5-23)14-3-2-12(9-20-14)16(17,18)19/h2-3,8-9H,4-7,10H2,1H3,(H,21,22,25)/p+2. The van der Waals surface area contributed by atoms with E-state index in [0.717, 1.165) is 17.2 Å². The number of carbonyl (C=O) groups excluding carboxylic acids is 1. The Morgan fingerprint density at radius 3 is 2.65 bits per heavy atom. The van der Waals surface area contributed by atoms with Crippen molar-refractivity contribution < 1.29 is 32.4 Å². The zero-order valence-corrected chi connectivity index (χ0v) is 14.2. The van der Waals surface area contributed by atoms with Crippen molar-refractivity contribution in [1.82, 2.24) is 5.16 Å². The fourth-order valence-electron chi connectivity index (χ4n) is 2.87. The number of H-pyrrole nitrogens is 1. The summed E-state index contributed by atoms with van der Waals surface area (Å²) in [7, 11) is 0. The molecular formula is C16H20F3N5O2+2. The predicted molar refractivity (Wildman–Crippen MR) is 85.6 cm³/mol. The van der Waals surface area contributed by atoms with Gasteiger partial charge in [0.15, 0.2) is 12.4 Å². The zero-order valence-electron chi connectivity index (χ0n) is 14.2. The second kappa shape index (κ2) is 7.32. The highest BCUT2D eigenvalue weighted by Gasteiger charge is 2.33. The SMILES string of the molecule is Cc1cc(NC(=O)C[NH+]2CCN(c3ccc(C(F)(F)F)c[nH+]3)CC2)no1. The first-order valence-corrected chi connectivity index (χ1v) is 8.22. The van der Waals surface area contributed by atoms with Gasteiger partial charge in [0.2, 0.25) is 0 Å². The number of piperazine rings is 1. The molecule has 0 unspecified atom stereocenters. The number of aryl methyl sites for hydroxylation is 1. The average molecular weight is 371 g/mol. The van der Waals surface area contributed by atoms with Gasteiger partial charge in [0.05, 0.1) is 5.56 Å². The van der Waals surface area contributed by atoms with Crippen LogP contribution >= 0.6 is 0 Å². The normalized spacial score (nSPS) is 15.9. The van der Waals surface area contributed by atoms with E-state index in [1.807, 2.05) is 4.90 Å². The monoisotopic (exact) mass is 371 g/mol. The Hall–Kier alpha value is -2.62. The van der Waals surface area contributed by atoms with Gasteiger partial charge in [0.25, 0.3) is 11.7 Å². The summed E-state index contributed by atoms with van der Waals surface area (Å²) in [4.78, 5) is 17.8. The average Bonchev–Trinajstić information content (AvgIpc) is 2.99. The van der Waals surface area contributed by atoms with Gasteiger partial charge in [-0.1, -0.05) is 5.16 Å². The molecule has 0 radical (unpaired) electrons. The van der Waals surface area contributed by atoms with Gasteiger partial charge < -0.3 is 14.7 Å². The number of hydrogen-bond donors (Lipinski definition) is 2. The van der Waals surface area contributed by atoms with Crippen molar-refractivity contribution in [2.75, 3.05) is 42.9 Å². The number of pyridine rings is 1. The van der Waals surface area contributed by atoms with Gasteiger partial charge in [-0.15, -0.1) is 0 Å². The van der Waals surface area contributed by atoms with Crippen molar-refractivity contribution in [3.8, 4) is 0 Å². The van der Waals surface area contributed by atoms with Gasteiger partial charge in [0.1, 0.15) is 38.1 Å². The smallest absolute Gasteiger partial charge is 0.360 e. The fraction of sp³-hybridized carbons (Fsp3) is 0.438. The maximum Gasteiger partial charge on any atom is 0.419 e. The van der Waals surface area contributed by atoms with Crippen LogP contribution in [0.1, 0.15) is 11.3 Å². The summed E-state index contributed by atoms with van der Waals surface area (Å²) in [6, 6.07) is 4.15. The number of halogens is 3. The number of rotatable bonds is 4. The van der Waals surface area contributed by atoms with Crippen LogP contribution in [0.25, 0.3) is 0 Å². The topological polar surface area (TPSA) is 77.0 Å². The van der Waals surface area contributed by atoms with Gasteiger partial charge in [-0.05, 0) is 13.0 Å². The van der Waals surface area contributed by atoms with Crippen LogP contribution in [0.15, 0.2) is 28.9 Å². The van der Waals surface area contributed by atoms with Crippen LogP contribution < -0.4 is 20.1 Å². The lowest BCUT2D eigenvalue weighted by molar-refractivity contribution is -0.892. The largest absolute Gasteiger partial charge is 0.419 e. The Balaban J connectivity index is 1.48. The van der Waals surface area contributed by atoms with E-state index in [1.54, 1.807) is 13.0 Å². The Morgan fingerprint density at radius 1 is 1.38 bits per heavy atom. The highest BCUT2D eigenvalue weighted by atomic mass is 19.4. The minimum absolute atomic E-state index is 0.150. The number of anilines is 2. The van der Waals surface area contributed by atoms with Crippen LogP contribution in [-0.2, 0) is 11.0 Å². The van der Waals surface area contributed by atoms with E-state index in [2.05, 4.69) is 15.5 Å². The van der Waals surface area contributed by atoms with Gasteiger partial charge in [-0.3, -0.25) is 9.69 Å². The second-order valence-corrected chi connectivity index (χ2v) is 6.25. The zero-order chi connectivity index (χ0) is 18.7. The molecule has 0 saturated carbocycles. The van der Waals surface area contributed by atoms with Crippen molar-refractivity contribution >= 4 is 17.5 Å². The summed E-state index contributed by atoms with van der Waals surface area (Å²) < 4.78 is 42.7. The van der Waals surface area contributed by atoms with E-state index < -0.39 is 11.7 Å². The molecule has 0 aromatic carbocycles. The lowest BCUT2D eigenvalue weighted by atomic mass is 10.2. The summed E-state index contributed by atoms with van der Waals surface area (Å²) in [5, 5.41) is 6.40. The summed E-state index contributed by atoms with van der Waals surface area (Å²) in [5.41, 5.74) is -0.703. The number of quaternary nitrogens is 1. The van der Waals surface area contributed by atoms with Crippen molar-refractivity contribution in [2.45, 2.75) is 13.1 Å². The number of alkyl halides is 3. The Kier molecular flexibility index (Phi) is 5.12. The van der Waals surface area contributed by atoms with Crippen LogP contribution in [0.3, 0.4) is 0 Å². The fourth-order valence-corrected chi connectivity index (χ4v) is 2.87. The molecule has 10 heteroatoms. The lowest BCUT2D eigenvalue weighted by Gasteiger charge is -2.27. The van der Waals surface area contributed by atoms with Gasteiger partial charge >= 0.3 is 6.18 Å². The molecule has 7 nitrogen and oxygen atoms in total. The first kappa shape index (κ1) is 18.2. The van der Waals surface area contributed by atoms with E-state index >= 15 is 0 Å². The van der Waals surface area contributed by atoms with Gasteiger partial charge in [-0.25, -0.2) is 4.98 Å². The summed E-state index contributed by atoms with van der Waals surface area (Å²) >= 11 is 0. The van der Waals surface area contributed by atoms with Crippen molar-refractivity contribution in [3.05, 3.63) is 35.7 Å². The third-order valence-electron chi connectivity index (χ3n) is 4.24. The molecule has 0 bridgehead atoms. The quantitative estimate of drug-likeness (QED) is 0.803. The summed E-state index contributed by atoms with van der Waals surface area (Å²) in [5.74, 6) is 1.50. The molecule has 1 fully saturated rings. The molecule has 1 saturated heterocycles. The molecule has 140 valence electrons. The molecular weight excluding hydrogens is 351 g/mol. The summed E-state index contributed by atoms with van der Waals surface area (Å²) in [6.07, 6.45) is -3.38. The minimum Gasteiger partial charge on any atom is -0.360 e. The molecule has 3 heterocycles. The molecule has 1 aliphatic heterocycles. The number of aromatic nitrogens is 2. The number of nitrogens with zero attached hydrogens (tertiary/aromatic N) is 2. The van der Waals surface area contributed by atoms with Crippen LogP contribution in [0.5, 0.6) is 0 Å². The Labute approximate surface area is 147 Å². The molecule has 2 aromatic rings. The number of amides is 1. The first-order chi connectivity index (χ1) is 12.3. The molecule has 26 heavy (non-hydrogen) atoms. The molecule has 0 spiro atoms. The Morgan fingerprint density at radius 2 is 2.12 bits per heavy atom. The van der Waals surface area contributed by atoms with Crippen molar-refractivity contribution in [3.63, 3.8) is 0 Å². The minimum atomic E-state index is -4.35. The highest BCUT2D eigenvalue weighted by molar-refractivity contribution is 5.90. The maximum atomic E-state index is 12.6. The second-order valence-electron chi connectivity index (χ2n) is 6.25. The first-order valence-electron chi connectivity index (χ1n) is 8.22. The van der Waals surface area contributed by atoms with Gasteiger partial charge in [0, 0.05) is 12.1 Å². The lowest BCUT2D eigenvalue weighted by Crippen LogP contribution is -3.15. The molecule has 0 atom stereocenters. The summed E-state index contributed by atoms with van der Waals surface area (Å²) in [6.45, 7) is 4.75. The predicted octanol–water partition coefficient (Wildman–Crippen LogP) is 0.160. The number of aromatic amines is 1.